The average Bonchev–Trinajstić information content (AvgIpc) is 1.85. The SMILES string of the molecule is CC(C)C(C)(C)[C@H](N)C(=O)O. The monoisotopic (exact) mass is 159 g/mol. The molecule has 0 saturated heterocycles. The van der Waals surface area contributed by atoms with E-state index in [-0.39, 0.29) is 11.3 Å². The standard InChI is InChI=1S/C8H17NO2/c1-5(2)8(3,4)6(9)7(10)11/h5-6H,9H2,1-4H3,(H,10,11)/t6-/m1/s1. The molecule has 11 heavy (non-hydrogen) atoms. The van der Waals surface area contributed by atoms with Crippen LogP contribution in [0.2, 0.25) is 0 Å². The molecule has 0 radical (unpaired) electrons. The third-order valence-corrected chi connectivity index (χ3v) is 2.56. The molecule has 1 atom stereocenters. The quantitative estimate of drug-likeness (QED) is 0.647. The Kier molecular flexibility index (Phi) is 3.05. The van der Waals surface area contributed by atoms with Gasteiger partial charge < -0.3 is 10.8 Å². The molecule has 0 spiro atoms. The second-order valence-electron chi connectivity index (χ2n) is 3.79. The molecule has 0 unspecified atom stereocenters. The zero-order valence-corrected chi connectivity index (χ0v) is 7.59. The van der Waals surface area contributed by atoms with Crippen molar-refractivity contribution in [3.05, 3.63) is 0 Å². The summed E-state index contributed by atoms with van der Waals surface area (Å²) in [4.78, 5) is 10.5. The van der Waals surface area contributed by atoms with Crippen molar-refractivity contribution in [2.75, 3.05) is 0 Å². The van der Waals surface area contributed by atoms with Gasteiger partial charge in [-0.3, -0.25) is 4.79 Å². The first-order valence-electron chi connectivity index (χ1n) is 3.78. The Hall–Kier alpha value is -0.570. The highest BCUT2D eigenvalue weighted by atomic mass is 16.4. The highest BCUT2D eigenvalue weighted by Crippen LogP contribution is 2.28. The number of carbonyl (C=O) groups is 1. The van der Waals surface area contributed by atoms with Gasteiger partial charge in [-0.2, -0.15) is 0 Å². The molecule has 3 N–H and O–H groups in total. The lowest BCUT2D eigenvalue weighted by Crippen LogP contribution is -2.46. The smallest absolute Gasteiger partial charge is 0.321 e. The number of carboxylic acids is 1. The molecule has 0 aromatic carbocycles. The Bertz CT molecular complexity index is 152. The van der Waals surface area contributed by atoms with E-state index < -0.39 is 12.0 Å². The molecular formula is C8H17NO2. The van der Waals surface area contributed by atoms with E-state index in [1.165, 1.54) is 0 Å². The summed E-state index contributed by atoms with van der Waals surface area (Å²) in [5, 5.41) is 8.64. The van der Waals surface area contributed by atoms with Gasteiger partial charge in [0.05, 0.1) is 0 Å². The summed E-state index contributed by atoms with van der Waals surface area (Å²) in [5.41, 5.74) is 5.15. The second-order valence-corrected chi connectivity index (χ2v) is 3.79. The highest BCUT2D eigenvalue weighted by molar-refractivity contribution is 5.74. The third-order valence-electron chi connectivity index (χ3n) is 2.56. The zero-order chi connectivity index (χ0) is 9.23. The second kappa shape index (κ2) is 3.22. The molecule has 0 aliphatic rings. The molecule has 0 aromatic rings. The van der Waals surface area contributed by atoms with Crippen LogP contribution >= 0.6 is 0 Å². The minimum atomic E-state index is -0.927. The van der Waals surface area contributed by atoms with Crippen molar-refractivity contribution in [1.82, 2.24) is 0 Å². The van der Waals surface area contributed by atoms with Crippen molar-refractivity contribution in [3.63, 3.8) is 0 Å². The summed E-state index contributed by atoms with van der Waals surface area (Å²) in [5.74, 6) is -0.655. The summed E-state index contributed by atoms with van der Waals surface area (Å²) in [6, 6.07) is -0.775. The van der Waals surface area contributed by atoms with Crippen LogP contribution < -0.4 is 5.73 Å². The maximum Gasteiger partial charge on any atom is 0.321 e. The number of nitrogens with two attached hydrogens (primary N) is 1. The minimum Gasteiger partial charge on any atom is -0.480 e. The van der Waals surface area contributed by atoms with Gasteiger partial charge in [0.15, 0.2) is 0 Å². The van der Waals surface area contributed by atoms with Crippen molar-refractivity contribution in [2.45, 2.75) is 33.7 Å². The fourth-order valence-electron chi connectivity index (χ4n) is 0.677. The van der Waals surface area contributed by atoms with E-state index in [1.807, 2.05) is 27.7 Å². The summed E-state index contributed by atoms with van der Waals surface area (Å²) in [6.45, 7) is 7.69. The van der Waals surface area contributed by atoms with Crippen LogP contribution in [0.3, 0.4) is 0 Å². The summed E-state index contributed by atoms with van der Waals surface area (Å²) in [7, 11) is 0. The predicted octanol–water partition coefficient (Wildman–Crippen LogP) is 1.08. The van der Waals surface area contributed by atoms with Gasteiger partial charge in [0.1, 0.15) is 6.04 Å². The van der Waals surface area contributed by atoms with E-state index in [0.717, 1.165) is 0 Å². The lowest BCUT2D eigenvalue weighted by atomic mass is 9.75. The van der Waals surface area contributed by atoms with E-state index in [2.05, 4.69) is 0 Å². The van der Waals surface area contributed by atoms with Crippen molar-refractivity contribution in [3.8, 4) is 0 Å². The Morgan fingerprint density at radius 1 is 1.45 bits per heavy atom. The van der Waals surface area contributed by atoms with Gasteiger partial charge in [-0.25, -0.2) is 0 Å². The first-order chi connectivity index (χ1) is 4.80. The van der Waals surface area contributed by atoms with Gasteiger partial charge in [0.2, 0.25) is 0 Å². The fraction of sp³-hybridized carbons (Fsp3) is 0.875. The van der Waals surface area contributed by atoms with E-state index in [4.69, 9.17) is 10.8 Å². The Labute approximate surface area is 67.6 Å². The number of rotatable bonds is 3. The zero-order valence-electron chi connectivity index (χ0n) is 7.59. The lowest BCUT2D eigenvalue weighted by Gasteiger charge is -2.32. The van der Waals surface area contributed by atoms with E-state index in [9.17, 15) is 4.79 Å². The summed E-state index contributed by atoms with van der Waals surface area (Å²) in [6.07, 6.45) is 0. The molecule has 0 aliphatic carbocycles. The van der Waals surface area contributed by atoms with E-state index in [1.54, 1.807) is 0 Å². The van der Waals surface area contributed by atoms with Gasteiger partial charge in [-0.05, 0) is 11.3 Å². The molecule has 0 aromatic heterocycles. The maximum atomic E-state index is 10.5. The van der Waals surface area contributed by atoms with Gasteiger partial charge in [0, 0.05) is 0 Å². The molecule has 0 aliphatic heterocycles. The number of hydrogen-bond acceptors (Lipinski definition) is 2. The molecule has 3 heteroatoms. The molecule has 0 heterocycles. The molecule has 0 saturated carbocycles. The van der Waals surface area contributed by atoms with Crippen LogP contribution in [-0.4, -0.2) is 17.1 Å². The van der Waals surface area contributed by atoms with Crippen LogP contribution in [0.1, 0.15) is 27.7 Å². The molecule has 0 amide bonds. The Morgan fingerprint density at radius 3 is 1.91 bits per heavy atom. The van der Waals surface area contributed by atoms with Gasteiger partial charge >= 0.3 is 5.97 Å². The molecule has 0 rings (SSSR count). The van der Waals surface area contributed by atoms with Crippen LogP contribution in [0.5, 0.6) is 0 Å². The van der Waals surface area contributed by atoms with Crippen LogP contribution in [0, 0.1) is 11.3 Å². The van der Waals surface area contributed by atoms with Crippen LogP contribution in [0.15, 0.2) is 0 Å². The molecule has 0 bridgehead atoms. The van der Waals surface area contributed by atoms with Crippen LogP contribution in [-0.2, 0) is 4.79 Å². The number of hydrogen-bond donors (Lipinski definition) is 2. The van der Waals surface area contributed by atoms with Gasteiger partial charge in [0.25, 0.3) is 0 Å². The minimum absolute atomic E-state index is 0.272. The van der Waals surface area contributed by atoms with Crippen LogP contribution in [0.25, 0.3) is 0 Å². The number of carboxylic acid groups (broad SMARTS) is 1. The van der Waals surface area contributed by atoms with Crippen molar-refractivity contribution in [2.24, 2.45) is 17.1 Å². The molecule has 3 nitrogen and oxygen atoms in total. The van der Waals surface area contributed by atoms with Gasteiger partial charge in [-0.1, -0.05) is 27.7 Å². The summed E-state index contributed by atoms with van der Waals surface area (Å²) >= 11 is 0. The van der Waals surface area contributed by atoms with Crippen LogP contribution in [0.4, 0.5) is 0 Å². The first-order valence-corrected chi connectivity index (χ1v) is 3.78. The van der Waals surface area contributed by atoms with Crippen molar-refractivity contribution >= 4 is 5.97 Å². The largest absolute Gasteiger partial charge is 0.480 e. The fourth-order valence-corrected chi connectivity index (χ4v) is 0.677. The highest BCUT2D eigenvalue weighted by Gasteiger charge is 2.34. The average molecular weight is 159 g/mol. The summed E-state index contributed by atoms with van der Waals surface area (Å²) < 4.78 is 0. The molecule has 66 valence electrons. The van der Waals surface area contributed by atoms with Crippen molar-refractivity contribution in [1.29, 1.82) is 0 Å². The topological polar surface area (TPSA) is 63.3 Å². The van der Waals surface area contributed by atoms with Gasteiger partial charge in [-0.15, -0.1) is 0 Å². The predicted molar refractivity (Wildman–Crippen MR) is 44.2 cm³/mol. The number of aliphatic carboxylic acids is 1. The van der Waals surface area contributed by atoms with Crippen molar-refractivity contribution < 1.29 is 9.90 Å². The Balaban J connectivity index is 4.41. The third kappa shape index (κ3) is 2.19. The maximum absolute atomic E-state index is 10.5. The lowest BCUT2D eigenvalue weighted by molar-refractivity contribution is -0.142. The Morgan fingerprint density at radius 2 is 1.82 bits per heavy atom. The van der Waals surface area contributed by atoms with E-state index >= 15 is 0 Å². The molecule has 0 fully saturated rings. The molecular weight excluding hydrogens is 142 g/mol. The first kappa shape index (κ1) is 10.4. The normalized spacial score (nSPS) is 15.1. The van der Waals surface area contributed by atoms with E-state index in [0.29, 0.717) is 0 Å².